The summed E-state index contributed by atoms with van der Waals surface area (Å²) in [4.78, 5) is 15.4. The SMILES string of the molecule is Cc1cc(C)n(CCNCCO)c(=O)n1. The van der Waals surface area contributed by atoms with E-state index in [0.29, 0.717) is 19.6 Å². The van der Waals surface area contributed by atoms with Crippen LogP contribution in [0.4, 0.5) is 0 Å². The van der Waals surface area contributed by atoms with E-state index >= 15 is 0 Å². The quantitative estimate of drug-likeness (QED) is 0.641. The minimum Gasteiger partial charge on any atom is -0.395 e. The highest BCUT2D eigenvalue weighted by atomic mass is 16.3. The molecule has 0 aliphatic carbocycles. The average molecular weight is 211 g/mol. The van der Waals surface area contributed by atoms with E-state index in [0.717, 1.165) is 11.4 Å². The largest absolute Gasteiger partial charge is 0.395 e. The monoisotopic (exact) mass is 211 g/mol. The van der Waals surface area contributed by atoms with Crippen LogP contribution in [0.15, 0.2) is 10.9 Å². The predicted octanol–water partition coefficient (Wildman–Crippen LogP) is -0.558. The van der Waals surface area contributed by atoms with Crippen molar-refractivity contribution in [3.05, 3.63) is 27.9 Å². The van der Waals surface area contributed by atoms with Crippen LogP contribution in [0.1, 0.15) is 11.4 Å². The summed E-state index contributed by atoms with van der Waals surface area (Å²) in [5, 5.41) is 11.6. The normalized spacial score (nSPS) is 10.6. The Morgan fingerprint density at radius 1 is 1.47 bits per heavy atom. The van der Waals surface area contributed by atoms with Crippen LogP contribution in [0.5, 0.6) is 0 Å². The highest BCUT2D eigenvalue weighted by molar-refractivity contribution is 5.06. The van der Waals surface area contributed by atoms with Gasteiger partial charge in [-0.25, -0.2) is 4.79 Å². The number of rotatable bonds is 5. The van der Waals surface area contributed by atoms with Crippen molar-refractivity contribution < 1.29 is 5.11 Å². The van der Waals surface area contributed by atoms with Gasteiger partial charge >= 0.3 is 5.69 Å². The predicted molar refractivity (Wildman–Crippen MR) is 57.9 cm³/mol. The number of aliphatic hydroxyl groups excluding tert-OH is 1. The molecule has 1 aromatic rings. The third-order valence-electron chi connectivity index (χ3n) is 2.15. The summed E-state index contributed by atoms with van der Waals surface area (Å²) >= 11 is 0. The molecule has 0 aliphatic rings. The maximum atomic E-state index is 11.5. The van der Waals surface area contributed by atoms with Gasteiger partial charge in [0.2, 0.25) is 0 Å². The summed E-state index contributed by atoms with van der Waals surface area (Å²) in [7, 11) is 0. The molecule has 15 heavy (non-hydrogen) atoms. The van der Waals surface area contributed by atoms with E-state index in [2.05, 4.69) is 10.3 Å². The van der Waals surface area contributed by atoms with Crippen molar-refractivity contribution in [3.8, 4) is 0 Å². The second-order valence-electron chi connectivity index (χ2n) is 3.45. The van der Waals surface area contributed by atoms with Crippen LogP contribution < -0.4 is 11.0 Å². The molecule has 0 saturated carbocycles. The number of nitrogens with zero attached hydrogens (tertiary/aromatic N) is 2. The smallest absolute Gasteiger partial charge is 0.347 e. The van der Waals surface area contributed by atoms with E-state index in [9.17, 15) is 4.79 Å². The van der Waals surface area contributed by atoms with Crippen molar-refractivity contribution in [1.82, 2.24) is 14.9 Å². The van der Waals surface area contributed by atoms with E-state index in [1.807, 2.05) is 19.9 Å². The third-order valence-corrected chi connectivity index (χ3v) is 2.15. The van der Waals surface area contributed by atoms with Crippen LogP contribution in [0, 0.1) is 13.8 Å². The van der Waals surface area contributed by atoms with Crippen molar-refractivity contribution in [3.63, 3.8) is 0 Å². The Bertz CT molecular complexity index is 373. The lowest BCUT2D eigenvalue weighted by Crippen LogP contribution is -2.31. The Hall–Kier alpha value is -1.20. The first-order chi connectivity index (χ1) is 7.15. The minimum absolute atomic E-state index is 0.111. The first-order valence-corrected chi connectivity index (χ1v) is 5.02. The van der Waals surface area contributed by atoms with Gasteiger partial charge in [-0.3, -0.25) is 4.57 Å². The molecule has 0 fully saturated rings. The molecule has 0 bridgehead atoms. The molecule has 0 unspecified atom stereocenters. The molecular weight excluding hydrogens is 194 g/mol. The van der Waals surface area contributed by atoms with Crippen LogP contribution in [-0.2, 0) is 6.54 Å². The number of aliphatic hydroxyl groups is 1. The van der Waals surface area contributed by atoms with Gasteiger partial charge in [0.25, 0.3) is 0 Å². The van der Waals surface area contributed by atoms with E-state index in [1.165, 1.54) is 0 Å². The standard InChI is InChI=1S/C10H17N3O2/c1-8-7-9(2)13(10(15)12-8)5-3-11-4-6-14/h7,11,14H,3-6H2,1-2H3. The highest BCUT2D eigenvalue weighted by Gasteiger charge is 2.01. The number of aryl methyl sites for hydroxylation is 2. The number of hydrogen-bond acceptors (Lipinski definition) is 4. The van der Waals surface area contributed by atoms with Crippen molar-refractivity contribution in [2.24, 2.45) is 0 Å². The number of hydrogen-bond donors (Lipinski definition) is 2. The Kier molecular flexibility index (Phi) is 4.45. The molecule has 0 atom stereocenters. The molecule has 1 heterocycles. The van der Waals surface area contributed by atoms with Gasteiger partial charge in [-0.05, 0) is 19.9 Å². The Labute approximate surface area is 88.8 Å². The molecule has 0 amide bonds. The summed E-state index contributed by atoms with van der Waals surface area (Å²) in [5.74, 6) is 0. The third kappa shape index (κ3) is 3.45. The number of aromatic nitrogens is 2. The van der Waals surface area contributed by atoms with Gasteiger partial charge in [-0.2, -0.15) is 4.98 Å². The van der Waals surface area contributed by atoms with Gasteiger partial charge < -0.3 is 10.4 Å². The molecule has 1 aromatic heterocycles. The maximum absolute atomic E-state index is 11.5. The van der Waals surface area contributed by atoms with Gasteiger partial charge in [0, 0.05) is 31.0 Å². The molecule has 2 N–H and O–H groups in total. The average Bonchev–Trinajstić information content (AvgIpc) is 2.15. The van der Waals surface area contributed by atoms with Gasteiger partial charge in [0.15, 0.2) is 0 Å². The van der Waals surface area contributed by atoms with Crippen LogP contribution in [0.2, 0.25) is 0 Å². The molecular formula is C10H17N3O2. The molecule has 84 valence electrons. The van der Waals surface area contributed by atoms with Gasteiger partial charge in [-0.15, -0.1) is 0 Å². The zero-order valence-electron chi connectivity index (χ0n) is 9.16. The van der Waals surface area contributed by atoms with Crippen LogP contribution >= 0.6 is 0 Å². The van der Waals surface area contributed by atoms with E-state index < -0.39 is 0 Å². The fourth-order valence-electron chi connectivity index (χ4n) is 1.44. The van der Waals surface area contributed by atoms with Crippen molar-refractivity contribution in [1.29, 1.82) is 0 Å². The van der Waals surface area contributed by atoms with Crippen LogP contribution in [0.3, 0.4) is 0 Å². The summed E-state index contributed by atoms with van der Waals surface area (Å²) < 4.78 is 1.62. The molecule has 5 nitrogen and oxygen atoms in total. The van der Waals surface area contributed by atoms with Crippen molar-refractivity contribution in [2.45, 2.75) is 20.4 Å². The Morgan fingerprint density at radius 2 is 2.20 bits per heavy atom. The molecule has 0 aliphatic heterocycles. The zero-order valence-corrected chi connectivity index (χ0v) is 9.16. The van der Waals surface area contributed by atoms with Crippen molar-refractivity contribution >= 4 is 0 Å². The Balaban J connectivity index is 2.65. The second-order valence-corrected chi connectivity index (χ2v) is 3.45. The lowest BCUT2D eigenvalue weighted by molar-refractivity contribution is 0.291. The lowest BCUT2D eigenvalue weighted by Gasteiger charge is -2.09. The van der Waals surface area contributed by atoms with Gasteiger partial charge in [0.1, 0.15) is 0 Å². The fraction of sp³-hybridized carbons (Fsp3) is 0.600. The summed E-state index contributed by atoms with van der Waals surface area (Å²) in [6, 6.07) is 1.88. The maximum Gasteiger partial charge on any atom is 0.347 e. The Morgan fingerprint density at radius 3 is 2.80 bits per heavy atom. The summed E-state index contributed by atoms with van der Waals surface area (Å²) in [5.41, 5.74) is 1.45. The summed E-state index contributed by atoms with van der Waals surface area (Å²) in [6.45, 7) is 5.60. The van der Waals surface area contributed by atoms with Crippen LogP contribution in [-0.4, -0.2) is 34.4 Å². The topological polar surface area (TPSA) is 67.2 Å². The molecule has 0 radical (unpaired) electrons. The molecule has 1 rings (SSSR count). The number of nitrogens with one attached hydrogen (secondary N) is 1. The zero-order chi connectivity index (χ0) is 11.3. The van der Waals surface area contributed by atoms with Crippen LogP contribution in [0.25, 0.3) is 0 Å². The van der Waals surface area contributed by atoms with Gasteiger partial charge in [-0.1, -0.05) is 0 Å². The second kappa shape index (κ2) is 5.63. The van der Waals surface area contributed by atoms with E-state index in [1.54, 1.807) is 4.57 Å². The molecule has 0 spiro atoms. The first kappa shape index (κ1) is 11.9. The minimum atomic E-state index is -0.210. The highest BCUT2D eigenvalue weighted by Crippen LogP contribution is 1.95. The molecule has 5 heteroatoms. The van der Waals surface area contributed by atoms with Crippen molar-refractivity contribution in [2.75, 3.05) is 19.7 Å². The van der Waals surface area contributed by atoms with E-state index in [4.69, 9.17) is 5.11 Å². The molecule has 0 aromatic carbocycles. The van der Waals surface area contributed by atoms with Gasteiger partial charge in [0.05, 0.1) is 6.61 Å². The molecule has 0 saturated heterocycles. The summed E-state index contributed by atoms with van der Waals surface area (Å²) in [6.07, 6.45) is 0. The fourth-order valence-corrected chi connectivity index (χ4v) is 1.44. The van der Waals surface area contributed by atoms with E-state index in [-0.39, 0.29) is 12.3 Å². The lowest BCUT2D eigenvalue weighted by atomic mass is 10.3. The first-order valence-electron chi connectivity index (χ1n) is 5.02.